The van der Waals surface area contributed by atoms with Gasteiger partial charge < -0.3 is 5.32 Å². The number of hydrogen-bond acceptors (Lipinski definition) is 4. The molecule has 0 aliphatic rings. The number of nitrogens with zero attached hydrogens (tertiary/aromatic N) is 3. The van der Waals surface area contributed by atoms with Crippen LogP contribution in [0.25, 0.3) is 11.3 Å². The second kappa shape index (κ2) is 6.90. The maximum Gasteiger partial charge on any atom is 0.257 e. The molecule has 0 unspecified atom stereocenters. The maximum absolute atomic E-state index is 12.4. The summed E-state index contributed by atoms with van der Waals surface area (Å²) >= 11 is 6.05. The lowest BCUT2D eigenvalue weighted by Crippen LogP contribution is -2.13. The van der Waals surface area contributed by atoms with Crippen LogP contribution in [0.1, 0.15) is 15.9 Å². The number of pyridine rings is 2. The molecule has 3 rings (SSSR count). The van der Waals surface area contributed by atoms with E-state index in [0.717, 1.165) is 5.56 Å². The van der Waals surface area contributed by atoms with E-state index in [0.29, 0.717) is 16.9 Å². The molecule has 24 heavy (non-hydrogen) atoms. The zero-order valence-electron chi connectivity index (χ0n) is 12.4. The molecule has 0 spiro atoms. The summed E-state index contributed by atoms with van der Waals surface area (Å²) in [4.78, 5) is 20.7. The van der Waals surface area contributed by atoms with E-state index < -0.39 is 0 Å². The molecule has 6 heteroatoms. The van der Waals surface area contributed by atoms with Crippen molar-refractivity contribution >= 4 is 23.2 Å². The Kier molecular flexibility index (Phi) is 4.50. The van der Waals surface area contributed by atoms with E-state index in [1.165, 1.54) is 12.1 Å². The molecular formula is C18H11ClN4O. The van der Waals surface area contributed by atoms with Gasteiger partial charge in [0.15, 0.2) is 0 Å². The fourth-order valence-electron chi connectivity index (χ4n) is 2.15. The van der Waals surface area contributed by atoms with Crippen LogP contribution >= 0.6 is 11.6 Å². The smallest absolute Gasteiger partial charge is 0.257 e. The lowest BCUT2D eigenvalue weighted by Gasteiger charge is -2.08. The van der Waals surface area contributed by atoms with Gasteiger partial charge in [0.05, 0.1) is 27.9 Å². The van der Waals surface area contributed by atoms with Gasteiger partial charge in [-0.05, 0) is 42.5 Å². The second-order valence-corrected chi connectivity index (χ2v) is 5.34. The summed E-state index contributed by atoms with van der Waals surface area (Å²) in [6, 6.07) is 13.7. The van der Waals surface area contributed by atoms with Crippen LogP contribution in [0.15, 0.2) is 61.1 Å². The average Bonchev–Trinajstić information content (AvgIpc) is 2.63. The summed E-state index contributed by atoms with van der Waals surface area (Å²) in [6.07, 6.45) is 4.98. The van der Waals surface area contributed by atoms with Gasteiger partial charge in [0, 0.05) is 29.8 Å². The molecule has 0 bridgehead atoms. The molecular weight excluding hydrogens is 324 g/mol. The van der Waals surface area contributed by atoms with Gasteiger partial charge in [-0.3, -0.25) is 14.8 Å². The van der Waals surface area contributed by atoms with E-state index in [9.17, 15) is 4.79 Å². The SMILES string of the molecule is N#Cc1ccc(Cl)c(C(=O)Nc2ccnc(-c3cccnc3)c2)c1. The molecule has 0 saturated carbocycles. The highest BCUT2D eigenvalue weighted by Gasteiger charge is 2.12. The van der Waals surface area contributed by atoms with E-state index in [-0.39, 0.29) is 16.5 Å². The molecule has 2 heterocycles. The molecule has 2 aromatic heterocycles. The average molecular weight is 335 g/mol. The van der Waals surface area contributed by atoms with Crippen LogP contribution in [0, 0.1) is 11.3 Å². The Morgan fingerprint density at radius 2 is 2.04 bits per heavy atom. The van der Waals surface area contributed by atoms with Crippen molar-refractivity contribution in [3.05, 3.63) is 77.2 Å². The monoisotopic (exact) mass is 334 g/mol. The predicted molar refractivity (Wildman–Crippen MR) is 91.6 cm³/mol. The number of anilines is 1. The van der Waals surface area contributed by atoms with Gasteiger partial charge in [-0.25, -0.2) is 0 Å². The van der Waals surface area contributed by atoms with Gasteiger partial charge in [-0.1, -0.05) is 11.6 Å². The largest absolute Gasteiger partial charge is 0.322 e. The molecule has 3 aromatic rings. The van der Waals surface area contributed by atoms with Gasteiger partial charge in [0.1, 0.15) is 0 Å². The number of nitriles is 1. The van der Waals surface area contributed by atoms with Crippen LogP contribution in [-0.2, 0) is 0 Å². The summed E-state index contributed by atoms with van der Waals surface area (Å²) < 4.78 is 0. The number of carbonyl (C=O) groups is 1. The van der Waals surface area contributed by atoms with Crippen LogP contribution in [-0.4, -0.2) is 15.9 Å². The molecule has 116 valence electrons. The van der Waals surface area contributed by atoms with Crippen LogP contribution < -0.4 is 5.32 Å². The van der Waals surface area contributed by atoms with E-state index in [4.69, 9.17) is 16.9 Å². The number of halogens is 1. The third kappa shape index (κ3) is 3.40. The molecule has 0 atom stereocenters. The summed E-state index contributed by atoms with van der Waals surface area (Å²) in [7, 11) is 0. The number of hydrogen-bond donors (Lipinski definition) is 1. The quantitative estimate of drug-likeness (QED) is 0.787. The van der Waals surface area contributed by atoms with Crippen molar-refractivity contribution in [1.29, 1.82) is 5.26 Å². The number of carbonyl (C=O) groups excluding carboxylic acids is 1. The number of aromatic nitrogens is 2. The minimum Gasteiger partial charge on any atom is -0.322 e. The Morgan fingerprint density at radius 3 is 2.79 bits per heavy atom. The first-order valence-corrected chi connectivity index (χ1v) is 7.42. The van der Waals surface area contributed by atoms with E-state index in [1.807, 2.05) is 18.2 Å². The number of amides is 1. The van der Waals surface area contributed by atoms with Crippen LogP contribution in [0.4, 0.5) is 5.69 Å². The van der Waals surface area contributed by atoms with Gasteiger partial charge in [-0.15, -0.1) is 0 Å². The summed E-state index contributed by atoms with van der Waals surface area (Å²) in [6.45, 7) is 0. The van der Waals surface area contributed by atoms with Crippen molar-refractivity contribution in [2.24, 2.45) is 0 Å². The van der Waals surface area contributed by atoms with Gasteiger partial charge in [-0.2, -0.15) is 5.26 Å². The second-order valence-electron chi connectivity index (χ2n) is 4.93. The van der Waals surface area contributed by atoms with E-state index in [2.05, 4.69) is 15.3 Å². The topological polar surface area (TPSA) is 78.7 Å². The summed E-state index contributed by atoms with van der Waals surface area (Å²) in [5.74, 6) is -0.388. The van der Waals surface area contributed by atoms with Crippen LogP contribution in [0.2, 0.25) is 5.02 Å². The molecule has 1 aromatic carbocycles. The molecule has 0 aliphatic carbocycles. The van der Waals surface area contributed by atoms with Crippen LogP contribution in [0.3, 0.4) is 0 Å². The highest BCUT2D eigenvalue weighted by molar-refractivity contribution is 6.34. The third-order valence-corrected chi connectivity index (χ3v) is 3.64. The Balaban J connectivity index is 1.87. The minimum atomic E-state index is -0.388. The normalized spacial score (nSPS) is 10.0. The predicted octanol–water partition coefficient (Wildman–Crippen LogP) is 3.92. The third-order valence-electron chi connectivity index (χ3n) is 3.32. The maximum atomic E-state index is 12.4. The Hall–Kier alpha value is -3.23. The van der Waals surface area contributed by atoms with E-state index >= 15 is 0 Å². The van der Waals surface area contributed by atoms with Crippen molar-refractivity contribution in [1.82, 2.24) is 9.97 Å². The molecule has 0 aliphatic heterocycles. The molecule has 0 fully saturated rings. The van der Waals surface area contributed by atoms with Crippen LogP contribution in [0.5, 0.6) is 0 Å². The number of nitrogens with one attached hydrogen (secondary N) is 1. The number of rotatable bonds is 3. The first-order chi connectivity index (χ1) is 11.7. The van der Waals surface area contributed by atoms with Gasteiger partial charge in [0.25, 0.3) is 5.91 Å². The highest BCUT2D eigenvalue weighted by Crippen LogP contribution is 2.22. The number of benzene rings is 1. The van der Waals surface area contributed by atoms with Gasteiger partial charge in [0.2, 0.25) is 0 Å². The van der Waals surface area contributed by atoms with Crippen molar-refractivity contribution in [3.8, 4) is 17.3 Å². The molecule has 1 N–H and O–H groups in total. The zero-order chi connectivity index (χ0) is 16.9. The first kappa shape index (κ1) is 15.7. The first-order valence-electron chi connectivity index (χ1n) is 7.05. The fraction of sp³-hybridized carbons (Fsp3) is 0. The van der Waals surface area contributed by atoms with Crippen molar-refractivity contribution in [2.45, 2.75) is 0 Å². The fourth-order valence-corrected chi connectivity index (χ4v) is 2.35. The van der Waals surface area contributed by atoms with E-state index in [1.54, 1.807) is 36.8 Å². The molecule has 0 radical (unpaired) electrons. The Morgan fingerprint density at radius 1 is 1.17 bits per heavy atom. The lowest BCUT2D eigenvalue weighted by molar-refractivity contribution is 0.102. The standard InChI is InChI=1S/C18H11ClN4O/c19-16-4-3-12(10-20)8-15(16)18(24)23-14-5-7-22-17(9-14)13-2-1-6-21-11-13/h1-9,11H,(H,22,23,24). The lowest BCUT2D eigenvalue weighted by atomic mass is 10.1. The Bertz CT molecular complexity index is 935. The molecule has 5 nitrogen and oxygen atoms in total. The summed E-state index contributed by atoms with van der Waals surface area (Å²) in [5.41, 5.74) is 2.73. The van der Waals surface area contributed by atoms with Gasteiger partial charge >= 0.3 is 0 Å². The molecule has 1 amide bonds. The van der Waals surface area contributed by atoms with Crippen molar-refractivity contribution in [3.63, 3.8) is 0 Å². The Labute approximate surface area is 143 Å². The highest BCUT2D eigenvalue weighted by atomic mass is 35.5. The summed E-state index contributed by atoms with van der Waals surface area (Å²) in [5, 5.41) is 12.0. The van der Waals surface area contributed by atoms with Crippen molar-refractivity contribution in [2.75, 3.05) is 5.32 Å². The zero-order valence-corrected chi connectivity index (χ0v) is 13.2. The molecule has 0 saturated heterocycles. The van der Waals surface area contributed by atoms with Crippen molar-refractivity contribution < 1.29 is 4.79 Å². The minimum absolute atomic E-state index is 0.246.